The summed E-state index contributed by atoms with van der Waals surface area (Å²) in [5.74, 6) is -1.02. The average Bonchev–Trinajstić information content (AvgIpc) is 2.65. The van der Waals surface area contributed by atoms with Crippen molar-refractivity contribution >= 4 is 29.1 Å². The van der Waals surface area contributed by atoms with Crippen LogP contribution in [0.4, 0.5) is 17.3 Å². The summed E-state index contributed by atoms with van der Waals surface area (Å²) in [6.07, 6.45) is 0. The second kappa shape index (κ2) is 7.18. The Balaban J connectivity index is 1.89. The van der Waals surface area contributed by atoms with Crippen molar-refractivity contribution in [2.45, 2.75) is 6.92 Å². The summed E-state index contributed by atoms with van der Waals surface area (Å²) in [6, 6.07) is 11.6. The molecule has 2 aromatic rings. The van der Waals surface area contributed by atoms with E-state index in [1.165, 1.54) is 17.0 Å². The van der Waals surface area contributed by atoms with Crippen molar-refractivity contribution in [3.8, 4) is 5.75 Å². The molecule has 9 heteroatoms. The lowest BCUT2D eigenvalue weighted by atomic mass is 10.2. The van der Waals surface area contributed by atoms with Crippen LogP contribution in [0.3, 0.4) is 0 Å². The van der Waals surface area contributed by atoms with E-state index in [1.54, 1.807) is 12.1 Å². The van der Waals surface area contributed by atoms with Gasteiger partial charge < -0.3 is 19.8 Å². The summed E-state index contributed by atoms with van der Waals surface area (Å²) in [6.45, 7) is 1.70. The molecule has 0 fully saturated rings. The summed E-state index contributed by atoms with van der Waals surface area (Å²) in [5.41, 5.74) is 0.702. The second-order valence-corrected chi connectivity index (χ2v) is 5.49. The van der Waals surface area contributed by atoms with Crippen molar-refractivity contribution in [1.82, 2.24) is 4.98 Å². The van der Waals surface area contributed by atoms with Gasteiger partial charge in [0.15, 0.2) is 12.4 Å². The lowest BCUT2D eigenvalue weighted by Gasteiger charge is -2.28. The number of hydrogen-bond acceptors (Lipinski definition) is 6. The fourth-order valence-electron chi connectivity index (χ4n) is 2.66. The molecule has 0 saturated heterocycles. The summed E-state index contributed by atoms with van der Waals surface area (Å²) < 4.78 is 5.25. The molecule has 2 amide bonds. The van der Waals surface area contributed by atoms with E-state index in [1.807, 2.05) is 25.1 Å². The minimum atomic E-state index is -0.665. The number of benzene rings is 1. The van der Waals surface area contributed by atoms with Crippen LogP contribution >= 0.6 is 0 Å². The Kier molecular flexibility index (Phi) is 4.78. The van der Waals surface area contributed by atoms with Gasteiger partial charge in [-0.05, 0) is 35.0 Å². The van der Waals surface area contributed by atoms with Gasteiger partial charge in [-0.15, -0.1) is 0 Å². The van der Waals surface area contributed by atoms with Crippen LogP contribution in [0.25, 0.3) is 0 Å². The first kappa shape index (κ1) is 17.3. The molecule has 0 atom stereocenters. The first-order chi connectivity index (χ1) is 12.5. The maximum absolute atomic E-state index is 12.7. The highest BCUT2D eigenvalue weighted by Crippen LogP contribution is 2.32. The number of para-hydroxylation sites is 1. The zero-order valence-corrected chi connectivity index (χ0v) is 14.0. The van der Waals surface area contributed by atoms with Gasteiger partial charge in [-0.2, -0.15) is 0 Å². The van der Waals surface area contributed by atoms with Crippen molar-refractivity contribution < 1.29 is 19.2 Å². The highest BCUT2D eigenvalue weighted by molar-refractivity contribution is 6.05. The molecule has 0 unspecified atom stereocenters. The zero-order chi connectivity index (χ0) is 18.7. The van der Waals surface area contributed by atoms with E-state index in [9.17, 15) is 19.7 Å². The number of hydrogen-bond donors (Lipinski definition) is 0. The molecule has 3 rings (SSSR count). The molecule has 9 nitrogen and oxygen atoms in total. The standard InChI is InChI=1S/C17H16N4O5/c1-2-19(12-6-4-3-5-7-12)15(22)10-20-16(23)11-26-13-8-9-14(21(24)25)18-17(13)20/h3-9H,2,10-11H2,1H3. The van der Waals surface area contributed by atoms with E-state index in [-0.39, 0.29) is 30.6 Å². The third-order valence-corrected chi connectivity index (χ3v) is 3.90. The molecule has 0 N–H and O–H groups in total. The maximum Gasteiger partial charge on any atom is 0.366 e. The number of carbonyl (C=O) groups excluding carboxylic acids is 2. The maximum atomic E-state index is 12.7. The summed E-state index contributed by atoms with van der Waals surface area (Å²) >= 11 is 0. The van der Waals surface area contributed by atoms with Gasteiger partial charge in [0.1, 0.15) is 6.54 Å². The topological polar surface area (TPSA) is 106 Å². The van der Waals surface area contributed by atoms with Gasteiger partial charge in [0.25, 0.3) is 11.7 Å². The molecule has 26 heavy (non-hydrogen) atoms. The highest BCUT2D eigenvalue weighted by Gasteiger charge is 2.34. The fourth-order valence-corrected chi connectivity index (χ4v) is 2.66. The van der Waals surface area contributed by atoms with Crippen LogP contribution in [0.15, 0.2) is 42.5 Å². The number of likely N-dealkylation sites (N-methyl/N-ethyl adjacent to an activating group) is 1. The van der Waals surface area contributed by atoms with Crippen LogP contribution in [0, 0.1) is 10.1 Å². The molecule has 134 valence electrons. The molecule has 0 radical (unpaired) electrons. The third kappa shape index (κ3) is 3.32. The number of amides is 2. The number of nitrogens with zero attached hydrogens (tertiary/aromatic N) is 4. The molecule has 0 bridgehead atoms. The molecular weight excluding hydrogens is 340 g/mol. The Morgan fingerprint density at radius 2 is 2.04 bits per heavy atom. The molecular formula is C17H16N4O5. The average molecular weight is 356 g/mol. The van der Waals surface area contributed by atoms with Crippen LogP contribution in [0.5, 0.6) is 5.75 Å². The Hall–Kier alpha value is -3.49. The number of carbonyl (C=O) groups is 2. The van der Waals surface area contributed by atoms with Crippen LogP contribution in [-0.2, 0) is 9.59 Å². The summed E-state index contributed by atoms with van der Waals surface area (Å²) in [7, 11) is 0. The third-order valence-electron chi connectivity index (χ3n) is 3.90. The van der Waals surface area contributed by atoms with Gasteiger partial charge in [-0.1, -0.05) is 18.2 Å². The lowest BCUT2D eigenvalue weighted by molar-refractivity contribution is -0.389. The number of pyridine rings is 1. The fraction of sp³-hybridized carbons (Fsp3) is 0.235. The number of fused-ring (bicyclic) bond motifs is 1. The van der Waals surface area contributed by atoms with Gasteiger partial charge in [0, 0.05) is 18.3 Å². The quantitative estimate of drug-likeness (QED) is 0.597. The van der Waals surface area contributed by atoms with Gasteiger partial charge in [-0.3, -0.25) is 14.5 Å². The Morgan fingerprint density at radius 1 is 1.31 bits per heavy atom. The van der Waals surface area contributed by atoms with Crippen LogP contribution in [-0.4, -0.2) is 41.4 Å². The molecule has 2 heterocycles. The van der Waals surface area contributed by atoms with E-state index in [0.717, 1.165) is 4.90 Å². The number of aromatic nitrogens is 1. The SMILES string of the molecule is CCN(C(=O)CN1C(=O)COc2ccc([N+](=O)[O-])nc21)c1ccccc1. The van der Waals surface area contributed by atoms with E-state index >= 15 is 0 Å². The molecule has 1 aliphatic heterocycles. The summed E-state index contributed by atoms with van der Waals surface area (Å²) in [5, 5.41) is 11.0. The number of ether oxygens (including phenoxy) is 1. The number of anilines is 2. The molecule has 0 aliphatic carbocycles. The van der Waals surface area contributed by atoms with Crippen LogP contribution in [0.2, 0.25) is 0 Å². The highest BCUT2D eigenvalue weighted by atomic mass is 16.6. The minimum Gasteiger partial charge on any atom is -0.477 e. The monoisotopic (exact) mass is 356 g/mol. The van der Waals surface area contributed by atoms with E-state index in [0.29, 0.717) is 12.2 Å². The normalized spacial score (nSPS) is 13.0. The molecule has 0 saturated carbocycles. The Bertz CT molecular complexity index is 855. The molecule has 1 aromatic heterocycles. The number of nitro groups is 1. The lowest BCUT2D eigenvalue weighted by Crippen LogP contribution is -2.47. The first-order valence-electron chi connectivity index (χ1n) is 7.95. The molecule has 1 aromatic carbocycles. The summed E-state index contributed by atoms with van der Waals surface area (Å²) in [4.78, 5) is 41.8. The largest absolute Gasteiger partial charge is 0.477 e. The van der Waals surface area contributed by atoms with Gasteiger partial charge in [-0.25, -0.2) is 0 Å². The second-order valence-electron chi connectivity index (χ2n) is 5.49. The Labute approximate surface area is 149 Å². The predicted molar refractivity (Wildman–Crippen MR) is 93.2 cm³/mol. The van der Waals surface area contributed by atoms with E-state index < -0.39 is 16.6 Å². The minimum absolute atomic E-state index is 0.0204. The van der Waals surface area contributed by atoms with Crippen LogP contribution in [0.1, 0.15) is 6.92 Å². The van der Waals surface area contributed by atoms with E-state index in [4.69, 9.17) is 4.74 Å². The van der Waals surface area contributed by atoms with Gasteiger partial charge in [0.2, 0.25) is 5.91 Å². The van der Waals surface area contributed by atoms with E-state index in [2.05, 4.69) is 4.98 Å². The van der Waals surface area contributed by atoms with Crippen molar-refractivity contribution in [2.24, 2.45) is 0 Å². The zero-order valence-electron chi connectivity index (χ0n) is 14.0. The van der Waals surface area contributed by atoms with Gasteiger partial charge >= 0.3 is 5.82 Å². The number of rotatable bonds is 5. The van der Waals surface area contributed by atoms with Crippen molar-refractivity contribution in [3.63, 3.8) is 0 Å². The predicted octanol–water partition coefficient (Wildman–Crippen LogP) is 1.77. The van der Waals surface area contributed by atoms with Crippen molar-refractivity contribution in [3.05, 3.63) is 52.6 Å². The Morgan fingerprint density at radius 3 is 2.69 bits per heavy atom. The van der Waals surface area contributed by atoms with Crippen LogP contribution < -0.4 is 14.5 Å². The smallest absolute Gasteiger partial charge is 0.366 e. The van der Waals surface area contributed by atoms with Crippen molar-refractivity contribution in [1.29, 1.82) is 0 Å². The van der Waals surface area contributed by atoms with Gasteiger partial charge in [0.05, 0.1) is 0 Å². The first-order valence-corrected chi connectivity index (χ1v) is 7.95. The van der Waals surface area contributed by atoms with Crippen molar-refractivity contribution in [2.75, 3.05) is 29.5 Å². The molecule has 1 aliphatic rings. The molecule has 0 spiro atoms.